The minimum absolute atomic E-state index is 0.192. The van der Waals surface area contributed by atoms with Crippen LogP contribution < -0.4 is 5.32 Å². The van der Waals surface area contributed by atoms with Gasteiger partial charge in [0, 0.05) is 28.9 Å². The molecule has 116 valence electrons. The number of amides is 1. The molecule has 5 nitrogen and oxygen atoms in total. The third-order valence-electron chi connectivity index (χ3n) is 3.39. The average molecular weight is 327 g/mol. The van der Waals surface area contributed by atoms with Crippen LogP contribution in [0, 0.1) is 0 Å². The lowest BCUT2D eigenvalue weighted by molar-refractivity contribution is 0.0951. The van der Waals surface area contributed by atoms with Crippen molar-refractivity contribution in [2.45, 2.75) is 6.92 Å². The molecule has 1 aromatic carbocycles. The number of carbonyl (C=O) groups excluding carboxylic acids is 1. The summed E-state index contributed by atoms with van der Waals surface area (Å²) in [7, 11) is 0. The van der Waals surface area contributed by atoms with Crippen molar-refractivity contribution in [2.75, 3.05) is 6.54 Å². The maximum absolute atomic E-state index is 12.0. The minimum atomic E-state index is -0.192. The molecule has 0 unspecified atom stereocenters. The molecule has 0 saturated heterocycles. The second kappa shape index (κ2) is 6.62. The van der Waals surface area contributed by atoms with Crippen molar-refractivity contribution >= 4 is 17.5 Å². The van der Waals surface area contributed by atoms with E-state index in [9.17, 15) is 4.79 Å². The topological polar surface area (TPSA) is 70.7 Å². The highest BCUT2D eigenvalue weighted by Gasteiger charge is 2.13. The van der Waals surface area contributed by atoms with Gasteiger partial charge in [-0.25, -0.2) is 0 Å². The van der Waals surface area contributed by atoms with Crippen LogP contribution in [-0.4, -0.2) is 27.6 Å². The molecule has 2 heterocycles. The molecule has 0 radical (unpaired) electrons. The quantitative estimate of drug-likeness (QED) is 0.770. The van der Waals surface area contributed by atoms with E-state index in [0.717, 1.165) is 22.4 Å². The molecule has 2 aromatic heterocycles. The number of rotatable bonds is 4. The summed E-state index contributed by atoms with van der Waals surface area (Å²) < 4.78 is 0. The first-order valence-electron chi connectivity index (χ1n) is 7.23. The first-order valence-corrected chi connectivity index (χ1v) is 7.60. The molecular formula is C17H15ClN4O. The predicted octanol–water partition coefficient (Wildman–Crippen LogP) is 3.54. The molecule has 23 heavy (non-hydrogen) atoms. The number of hydrogen-bond donors (Lipinski definition) is 2. The molecule has 0 aliphatic carbocycles. The number of carbonyl (C=O) groups is 1. The molecule has 0 fully saturated rings. The van der Waals surface area contributed by atoms with E-state index in [0.29, 0.717) is 17.3 Å². The van der Waals surface area contributed by atoms with Gasteiger partial charge in [0.25, 0.3) is 5.91 Å². The fraction of sp³-hybridized carbons (Fsp3) is 0.118. The Balaban J connectivity index is 2.02. The van der Waals surface area contributed by atoms with Crippen molar-refractivity contribution < 1.29 is 4.79 Å². The van der Waals surface area contributed by atoms with E-state index in [-0.39, 0.29) is 5.91 Å². The summed E-state index contributed by atoms with van der Waals surface area (Å²) >= 11 is 6.06. The highest BCUT2D eigenvalue weighted by molar-refractivity contribution is 6.30. The van der Waals surface area contributed by atoms with Gasteiger partial charge >= 0.3 is 0 Å². The van der Waals surface area contributed by atoms with Crippen molar-refractivity contribution in [3.05, 3.63) is 59.5 Å². The zero-order chi connectivity index (χ0) is 16.2. The second-order valence-corrected chi connectivity index (χ2v) is 5.39. The molecule has 6 heteroatoms. The Morgan fingerprint density at radius 3 is 2.91 bits per heavy atom. The van der Waals surface area contributed by atoms with Gasteiger partial charge in [0.15, 0.2) is 0 Å². The molecule has 2 N–H and O–H groups in total. The number of aromatic amines is 1. The van der Waals surface area contributed by atoms with Gasteiger partial charge in [-0.2, -0.15) is 5.10 Å². The van der Waals surface area contributed by atoms with E-state index >= 15 is 0 Å². The molecule has 0 saturated carbocycles. The Hall–Kier alpha value is -2.66. The van der Waals surface area contributed by atoms with Gasteiger partial charge in [0.2, 0.25) is 0 Å². The minimum Gasteiger partial charge on any atom is -0.351 e. The molecule has 1 amide bonds. The normalized spacial score (nSPS) is 10.5. The van der Waals surface area contributed by atoms with Crippen LogP contribution in [0.3, 0.4) is 0 Å². The number of nitrogens with one attached hydrogen (secondary N) is 2. The molecule has 3 rings (SSSR count). The lowest BCUT2D eigenvalue weighted by Crippen LogP contribution is -2.23. The zero-order valence-corrected chi connectivity index (χ0v) is 13.3. The zero-order valence-electron chi connectivity index (χ0n) is 12.5. The highest BCUT2D eigenvalue weighted by atomic mass is 35.5. The van der Waals surface area contributed by atoms with Crippen LogP contribution in [-0.2, 0) is 0 Å². The van der Waals surface area contributed by atoms with Crippen molar-refractivity contribution in [3.8, 4) is 22.4 Å². The number of benzene rings is 1. The summed E-state index contributed by atoms with van der Waals surface area (Å²) in [5.74, 6) is -0.192. The lowest BCUT2D eigenvalue weighted by atomic mass is 10.0. The van der Waals surface area contributed by atoms with Crippen molar-refractivity contribution in [2.24, 2.45) is 0 Å². The van der Waals surface area contributed by atoms with Gasteiger partial charge in [-0.15, -0.1) is 0 Å². The van der Waals surface area contributed by atoms with Gasteiger partial charge in [-0.3, -0.25) is 14.9 Å². The monoisotopic (exact) mass is 326 g/mol. The predicted molar refractivity (Wildman–Crippen MR) is 90.3 cm³/mol. The van der Waals surface area contributed by atoms with Gasteiger partial charge in [0.05, 0.1) is 11.9 Å². The Labute approximate surface area is 138 Å². The number of hydrogen-bond acceptors (Lipinski definition) is 3. The number of aromatic nitrogens is 3. The molecule has 0 atom stereocenters. The maximum atomic E-state index is 12.0. The third-order valence-corrected chi connectivity index (χ3v) is 3.63. The Bertz CT molecular complexity index is 844. The maximum Gasteiger partial charge on any atom is 0.269 e. The fourth-order valence-electron chi connectivity index (χ4n) is 2.34. The summed E-state index contributed by atoms with van der Waals surface area (Å²) in [5, 5.41) is 10.5. The van der Waals surface area contributed by atoms with E-state index < -0.39 is 0 Å². The van der Waals surface area contributed by atoms with Crippen molar-refractivity contribution in [1.29, 1.82) is 0 Å². The van der Waals surface area contributed by atoms with Crippen LogP contribution in [0.5, 0.6) is 0 Å². The SMILES string of the molecule is CCNC(=O)c1cc(-c2cn[nH]c2-c2cccc(Cl)c2)ccn1. The number of halogens is 1. The van der Waals surface area contributed by atoms with Crippen LogP contribution in [0.15, 0.2) is 48.8 Å². The molecule has 0 bridgehead atoms. The van der Waals surface area contributed by atoms with E-state index in [4.69, 9.17) is 11.6 Å². The summed E-state index contributed by atoms with van der Waals surface area (Å²) in [6.45, 7) is 2.43. The van der Waals surface area contributed by atoms with Gasteiger partial charge < -0.3 is 5.32 Å². The molecule has 3 aromatic rings. The van der Waals surface area contributed by atoms with Crippen LogP contribution in [0.4, 0.5) is 0 Å². The largest absolute Gasteiger partial charge is 0.351 e. The summed E-state index contributed by atoms with van der Waals surface area (Å²) in [5.41, 5.74) is 3.91. The van der Waals surface area contributed by atoms with Gasteiger partial charge in [-0.1, -0.05) is 23.7 Å². The van der Waals surface area contributed by atoms with E-state index in [1.165, 1.54) is 0 Å². The van der Waals surface area contributed by atoms with E-state index in [1.807, 2.05) is 37.3 Å². The van der Waals surface area contributed by atoms with E-state index in [2.05, 4.69) is 20.5 Å². The lowest BCUT2D eigenvalue weighted by Gasteiger charge is -2.06. The number of nitrogens with zero attached hydrogens (tertiary/aromatic N) is 2. The third kappa shape index (κ3) is 3.24. The van der Waals surface area contributed by atoms with Gasteiger partial charge in [-0.05, 0) is 36.8 Å². The van der Waals surface area contributed by atoms with E-state index in [1.54, 1.807) is 18.5 Å². The van der Waals surface area contributed by atoms with Crippen molar-refractivity contribution in [3.63, 3.8) is 0 Å². The van der Waals surface area contributed by atoms with Crippen LogP contribution in [0.1, 0.15) is 17.4 Å². The number of H-pyrrole nitrogens is 1. The smallest absolute Gasteiger partial charge is 0.269 e. The second-order valence-electron chi connectivity index (χ2n) is 4.96. The Morgan fingerprint density at radius 2 is 2.13 bits per heavy atom. The molecular weight excluding hydrogens is 312 g/mol. The molecule has 0 aliphatic heterocycles. The fourth-order valence-corrected chi connectivity index (χ4v) is 2.53. The number of pyridine rings is 1. The first-order chi connectivity index (χ1) is 11.2. The first kappa shape index (κ1) is 15.2. The van der Waals surface area contributed by atoms with Gasteiger partial charge in [0.1, 0.15) is 5.69 Å². The van der Waals surface area contributed by atoms with Crippen molar-refractivity contribution in [1.82, 2.24) is 20.5 Å². The summed E-state index contributed by atoms with van der Waals surface area (Å²) in [4.78, 5) is 16.1. The standard InChI is InChI=1S/C17H15ClN4O/c1-2-19-17(23)15-9-11(6-7-20-15)14-10-21-22-16(14)12-4-3-5-13(18)8-12/h3-10H,2H2,1H3,(H,19,23)(H,21,22). The average Bonchev–Trinajstić information content (AvgIpc) is 3.05. The molecule has 0 spiro atoms. The summed E-state index contributed by atoms with van der Waals surface area (Å²) in [6, 6.07) is 11.1. The van der Waals surface area contributed by atoms with Crippen LogP contribution in [0.25, 0.3) is 22.4 Å². The highest BCUT2D eigenvalue weighted by Crippen LogP contribution is 2.31. The van der Waals surface area contributed by atoms with Crippen LogP contribution in [0.2, 0.25) is 5.02 Å². The van der Waals surface area contributed by atoms with Crippen LogP contribution >= 0.6 is 11.6 Å². The molecule has 0 aliphatic rings. The Kier molecular flexibility index (Phi) is 4.39. The Morgan fingerprint density at radius 1 is 1.26 bits per heavy atom. The summed E-state index contributed by atoms with van der Waals surface area (Å²) in [6.07, 6.45) is 3.35.